The molecule has 0 saturated carbocycles. The van der Waals surface area contributed by atoms with Crippen LogP contribution >= 0.6 is 0 Å². The quantitative estimate of drug-likeness (QED) is 0.936. The standard InChI is InChI=1S/C20H19N3O2/c1-14-11-16(7-8-18(14)20(25)23-9-2-3-10-23)19(24)22-17-6-4-5-15(12-17)13-21/h4-8,11-12H,2-3,9-10H2,1H3,(H,22,24). The van der Waals surface area contributed by atoms with Gasteiger partial charge in [0.15, 0.2) is 0 Å². The third-order valence-corrected chi connectivity index (χ3v) is 4.36. The number of nitrogens with zero attached hydrogens (tertiary/aromatic N) is 2. The lowest BCUT2D eigenvalue weighted by Gasteiger charge is -2.17. The number of benzene rings is 2. The zero-order valence-electron chi connectivity index (χ0n) is 14.1. The lowest BCUT2D eigenvalue weighted by Crippen LogP contribution is -2.28. The molecule has 5 nitrogen and oxygen atoms in total. The normalized spacial score (nSPS) is 13.4. The Labute approximate surface area is 146 Å². The van der Waals surface area contributed by atoms with Gasteiger partial charge < -0.3 is 10.2 Å². The molecule has 1 aliphatic heterocycles. The van der Waals surface area contributed by atoms with Gasteiger partial charge in [-0.2, -0.15) is 5.26 Å². The molecule has 2 amide bonds. The number of hydrogen-bond acceptors (Lipinski definition) is 3. The van der Waals surface area contributed by atoms with E-state index < -0.39 is 0 Å². The molecular weight excluding hydrogens is 314 g/mol. The second kappa shape index (κ2) is 7.18. The first kappa shape index (κ1) is 16.7. The molecule has 0 bridgehead atoms. The van der Waals surface area contributed by atoms with Gasteiger partial charge in [0.05, 0.1) is 11.6 Å². The van der Waals surface area contributed by atoms with E-state index in [1.54, 1.807) is 42.5 Å². The van der Waals surface area contributed by atoms with Crippen LogP contribution in [0, 0.1) is 18.3 Å². The van der Waals surface area contributed by atoms with Gasteiger partial charge in [0, 0.05) is 29.9 Å². The fourth-order valence-electron chi connectivity index (χ4n) is 3.01. The lowest BCUT2D eigenvalue weighted by molar-refractivity contribution is 0.0791. The van der Waals surface area contributed by atoms with Crippen molar-refractivity contribution < 1.29 is 9.59 Å². The van der Waals surface area contributed by atoms with E-state index in [-0.39, 0.29) is 11.8 Å². The van der Waals surface area contributed by atoms with Crippen LogP contribution in [0.15, 0.2) is 42.5 Å². The average molecular weight is 333 g/mol. The summed E-state index contributed by atoms with van der Waals surface area (Å²) in [4.78, 5) is 26.8. The number of anilines is 1. The number of amides is 2. The fraction of sp³-hybridized carbons (Fsp3) is 0.250. The van der Waals surface area contributed by atoms with Gasteiger partial charge in [-0.3, -0.25) is 9.59 Å². The smallest absolute Gasteiger partial charge is 0.255 e. The second-order valence-electron chi connectivity index (χ2n) is 6.18. The van der Waals surface area contributed by atoms with Crippen LogP contribution in [0.25, 0.3) is 0 Å². The van der Waals surface area contributed by atoms with Crippen molar-refractivity contribution in [1.82, 2.24) is 4.90 Å². The van der Waals surface area contributed by atoms with Crippen LogP contribution < -0.4 is 5.32 Å². The van der Waals surface area contributed by atoms with Gasteiger partial charge in [-0.25, -0.2) is 0 Å². The molecule has 0 atom stereocenters. The Hall–Kier alpha value is -3.13. The summed E-state index contributed by atoms with van der Waals surface area (Å²) in [5.41, 5.74) is 2.97. The molecular formula is C20H19N3O2. The van der Waals surface area contributed by atoms with Gasteiger partial charge in [-0.1, -0.05) is 6.07 Å². The first-order valence-electron chi connectivity index (χ1n) is 8.30. The van der Waals surface area contributed by atoms with E-state index in [4.69, 9.17) is 5.26 Å². The average Bonchev–Trinajstić information content (AvgIpc) is 3.16. The van der Waals surface area contributed by atoms with Crippen molar-refractivity contribution >= 4 is 17.5 Å². The zero-order valence-corrected chi connectivity index (χ0v) is 14.1. The van der Waals surface area contributed by atoms with Crippen LogP contribution in [0.3, 0.4) is 0 Å². The van der Waals surface area contributed by atoms with E-state index in [2.05, 4.69) is 5.32 Å². The molecule has 1 N–H and O–H groups in total. The number of hydrogen-bond donors (Lipinski definition) is 1. The first-order chi connectivity index (χ1) is 12.1. The number of carbonyl (C=O) groups excluding carboxylic acids is 2. The minimum absolute atomic E-state index is 0.0312. The van der Waals surface area contributed by atoms with Crippen LogP contribution in [0.5, 0.6) is 0 Å². The Kier molecular flexibility index (Phi) is 4.80. The lowest BCUT2D eigenvalue weighted by atomic mass is 10.0. The summed E-state index contributed by atoms with van der Waals surface area (Å²) in [6, 6.07) is 13.9. The maximum Gasteiger partial charge on any atom is 0.255 e. The highest BCUT2D eigenvalue weighted by atomic mass is 16.2. The summed E-state index contributed by atoms with van der Waals surface area (Å²) in [5.74, 6) is -0.234. The molecule has 25 heavy (non-hydrogen) atoms. The molecule has 126 valence electrons. The van der Waals surface area contributed by atoms with Crippen LogP contribution in [0.2, 0.25) is 0 Å². The topological polar surface area (TPSA) is 73.2 Å². The van der Waals surface area contributed by atoms with Crippen molar-refractivity contribution in [2.45, 2.75) is 19.8 Å². The summed E-state index contributed by atoms with van der Waals surface area (Å²) in [6.07, 6.45) is 2.10. The molecule has 1 aliphatic rings. The van der Waals surface area contributed by atoms with Crippen molar-refractivity contribution in [2.75, 3.05) is 18.4 Å². The van der Waals surface area contributed by atoms with Crippen molar-refractivity contribution in [3.05, 3.63) is 64.7 Å². The summed E-state index contributed by atoms with van der Waals surface area (Å²) in [5, 5.41) is 11.7. The molecule has 0 radical (unpaired) electrons. The van der Waals surface area contributed by atoms with Crippen molar-refractivity contribution in [1.29, 1.82) is 5.26 Å². The van der Waals surface area contributed by atoms with Gasteiger partial charge >= 0.3 is 0 Å². The SMILES string of the molecule is Cc1cc(C(=O)Nc2cccc(C#N)c2)ccc1C(=O)N1CCCC1. The zero-order chi connectivity index (χ0) is 17.8. The van der Waals surface area contributed by atoms with E-state index in [1.165, 1.54) is 0 Å². The molecule has 0 unspecified atom stereocenters. The molecule has 0 aliphatic carbocycles. The predicted octanol–water partition coefficient (Wildman–Crippen LogP) is 3.36. The summed E-state index contributed by atoms with van der Waals surface area (Å²) >= 11 is 0. The van der Waals surface area contributed by atoms with Gasteiger partial charge in [0.25, 0.3) is 11.8 Å². The monoisotopic (exact) mass is 333 g/mol. The maximum atomic E-state index is 12.5. The first-order valence-corrected chi connectivity index (χ1v) is 8.30. The van der Waals surface area contributed by atoms with Crippen molar-refractivity contribution in [3.63, 3.8) is 0 Å². The summed E-state index contributed by atoms with van der Waals surface area (Å²) in [7, 11) is 0. The van der Waals surface area contributed by atoms with E-state index in [9.17, 15) is 9.59 Å². The van der Waals surface area contributed by atoms with Crippen molar-refractivity contribution in [2.24, 2.45) is 0 Å². The molecule has 5 heteroatoms. The maximum absolute atomic E-state index is 12.5. The Morgan fingerprint density at radius 2 is 1.88 bits per heavy atom. The van der Waals surface area contributed by atoms with Gasteiger partial charge in [0.2, 0.25) is 0 Å². The third kappa shape index (κ3) is 3.69. The molecule has 0 spiro atoms. The van der Waals surface area contributed by atoms with Gasteiger partial charge in [0.1, 0.15) is 0 Å². The van der Waals surface area contributed by atoms with Gasteiger partial charge in [-0.15, -0.1) is 0 Å². The molecule has 2 aromatic rings. The van der Waals surface area contributed by atoms with E-state index >= 15 is 0 Å². The van der Waals surface area contributed by atoms with E-state index in [0.717, 1.165) is 31.5 Å². The van der Waals surface area contributed by atoms with Crippen molar-refractivity contribution in [3.8, 4) is 6.07 Å². The predicted molar refractivity (Wildman–Crippen MR) is 95.4 cm³/mol. The number of carbonyl (C=O) groups is 2. The van der Waals surface area contributed by atoms with Gasteiger partial charge in [-0.05, 0) is 61.7 Å². The molecule has 3 rings (SSSR count). The number of nitriles is 1. The summed E-state index contributed by atoms with van der Waals surface area (Å²) in [6.45, 7) is 3.45. The number of rotatable bonds is 3. The Morgan fingerprint density at radius 1 is 1.12 bits per heavy atom. The van der Waals surface area contributed by atoms with Crippen LogP contribution in [0.1, 0.15) is 44.7 Å². The Bertz CT molecular complexity index is 861. The summed E-state index contributed by atoms with van der Waals surface area (Å²) < 4.78 is 0. The largest absolute Gasteiger partial charge is 0.339 e. The van der Waals surface area contributed by atoms with E-state index in [0.29, 0.717) is 22.4 Å². The molecule has 0 aromatic heterocycles. The number of aryl methyl sites for hydroxylation is 1. The van der Waals surface area contributed by atoms with E-state index in [1.807, 2.05) is 17.9 Å². The molecule has 1 saturated heterocycles. The molecule has 2 aromatic carbocycles. The Balaban J connectivity index is 1.76. The molecule has 1 heterocycles. The number of likely N-dealkylation sites (tertiary alicyclic amines) is 1. The van der Waals surface area contributed by atoms with Crippen LogP contribution in [-0.2, 0) is 0 Å². The minimum Gasteiger partial charge on any atom is -0.339 e. The highest BCUT2D eigenvalue weighted by molar-refractivity contribution is 6.05. The third-order valence-electron chi connectivity index (χ3n) is 4.36. The highest BCUT2D eigenvalue weighted by Gasteiger charge is 2.21. The van der Waals surface area contributed by atoms with Crippen LogP contribution in [-0.4, -0.2) is 29.8 Å². The fourth-order valence-corrected chi connectivity index (χ4v) is 3.01. The Morgan fingerprint density at radius 3 is 2.56 bits per heavy atom. The molecule has 1 fully saturated rings. The second-order valence-corrected chi connectivity index (χ2v) is 6.18. The van der Waals surface area contributed by atoms with Crippen LogP contribution in [0.4, 0.5) is 5.69 Å². The minimum atomic E-state index is -0.265. The highest BCUT2D eigenvalue weighted by Crippen LogP contribution is 2.18. The number of nitrogens with one attached hydrogen (secondary N) is 1.